The molecule has 0 unspecified atom stereocenters. The molecule has 0 amide bonds. The van der Waals surface area contributed by atoms with Crippen molar-refractivity contribution in [3.05, 3.63) is 57.0 Å². The first-order valence-corrected chi connectivity index (χ1v) is 8.85. The molecule has 2 aromatic rings. The SMILES string of the molecule is Cc1cc(N(C)S(=O)(=O)c2ccc(Br)cc2)ccc1Br. The van der Waals surface area contributed by atoms with Crippen molar-refractivity contribution in [2.75, 3.05) is 11.4 Å². The van der Waals surface area contributed by atoms with Crippen molar-refractivity contribution in [2.24, 2.45) is 0 Å². The van der Waals surface area contributed by atoms with E-state index in [1.54, 1.807) is 37.4 Å². The molecular weight excluding hydrogens is 406 g/mol. The van der Waals surface area contributed by atoms with Gasteiger partial charge in [0, 0.05) is 16.0 Å². The smallest absolute Gasteiger partial charge is 0.264 e. The summed E-state index contributed by atoms with van der Waals surface area (Å²) in [6.07, 6.45) is 0. The third-order valence-electron chi connectivity index (χ3n) is 2.98. The van der Waals surface area contributed by atoms with Crippen molar-refractivity contribution in [3.8, 4) is 0 Å². The molecule has 0 aliphatic heterocycles. The highest BCUT2D eigenvalue weighted by molar-refractivity contribution is 9.10. The van der Waals surface area contributed by atoms with Gasteiger partial charge in [-0.2, -0.15) is 0 Å². The fraction of sp³-hybridized carbons (Fsp3) is 0.143. The summed E-state index contributed by atoms with van der Waals surface area (Å²) in [4.78, 5) is 0.267. The molecule has 0 heterocycles. The lowest BCUT2D eigenvalue weighted by Gasteiger charge is -2.20. The zero-order chi connectivity index (χ0) is 14.9. The molecule has 0 aromatic heterocycles. The second kappa shape index (κ2) is 5.87. The summed E-state index contributed by atoms with van der Waals surface area (Å²) in [6.45, 7) is 1.92. The summed E-state index contributed by atoms with van der Waals surface area (Å²) in [5.74, 6) is 0. The standard InChI is InChI=1S/C14H13Br2NO2S/c1-10-9-12(5-8-14(10)16)17(2)20(18,19)13-6-3-11(15)4-7-13/h3-9H,1-2H3. The summed E-state index contributed by atoms with van der Waals surface area (Å²) < 4.78 is 28.2. The van der Waals surface area contributed by atoms with Crippen LogP contribution in [0.2, 0.25) is 0 Å². The van der Waals surface area contributed by atoms with E-state index in [0.29, 0.717) is 5.69 Å². The highest BCUT2D eigenvalue weighted by atomic mass is 79.9. The number of rotatable bonds is 3. The summed E-state index contributed by atoms with van der Waals surface area (Å²) in [7, 11) is -1.99. The minimum Gasteiger partial charge on any atom is -0.269 e. The molecule has 0 spiro atoms. The molecule has 0 saturated heterocycles. The van der Waals surface area contributed by atoms with Gasteiger partial charge < -0.3 is 0 Å². The lowest BCUT2D eigenvalue weighted by Crippen LogP contribution is -2.26. The van der Waals surface area contributed by atoms with E-state index in [0.717, 1.165) is 14.5 Å². The molecule has 0 saturated carbocycles. The monoisotopic (exact) mass is 417 g/mol. The molecule has 0 fully saturated rings. The van der Waals surface area contributed by atoms with E-state index in [2.05, 4.69) is 31.9 Å². The maximum Gasteiger partial charge on any atom is 0.264 e. The summed E-state index contributed by atoms with van der Waals surface area (Å²) in [6, 6.07) is 12.1. The Labute approximate surface area is 135 Å². The number of anilines is 1. The topological polar surface area (TPSA) is 37.4 Å². The number of hydrogen-bond donors (Lipinski definition) is 0. The number of sulfonamides is 1. The minimum absolute atomic E-state index is 0.267. The quantitative estimate of drug-likeness (QED) is 0.743. The molecule has 2 rings (SSSR count). The number of aryl methyl sites for hydroxylation is 1. The lowest BCUT2D eigenvalue weighted by molar-refractivity contribution is 0.594. The predicted octanol–water partition coefficient (Wildman–Crippen LogP) is 4.35. The Morgan fingerprint density at radius 1 is 1.00 bits per heavy atom. The van der Waals surface area contributed by atoms with Crippen molar-refractivity contribution in [3.63, 3.8) is 0 Å². The molecule has 0 aliphatic rings. The normalized spacial score (nSPS) is 11.4. The fourth-order valence-corrected chi connectivity index (χ4v) is 3.43. The van der Waals surface area contributed by atoms with Crippen molar-refractivity contribution in [1.29, 1.82) is 0 Å². The van der Waals surface area contributed by atoms with Crippen LogP contribution in [0.4, 0.5) is 5.69 Å². The fourth-order valence-electron chi connectivity index (χ4n) is 1.73. The van der Waals surface area contributed by atoms with Crippen LogP contribution >= 0.6 is 31.9 Å². The largest absolute Gasteiger partial charge is 0.269 e. The van der Waals surface area contributed by atoms with Crippen LogP contribution in [0.25, 0.3) is 0 Å². The number of nitrogens with zero attached hydrogens (tertiary/aromatic N) is 1. The van der Waals surface area contributed by atoms with Gasteiger partial charge in [0.05, 0.1) is 10.6 Å². The van der Waals surface area contributed by atoms with Gasteiger partial charge in [-0.25, -0.2) is 8.42 Å². The Balaban J connectivity index is 2.42. The van der Waals surface area contributed by atoms with Crippen LogP contribution in [-0.2, 0) is 10.0 Å². The van der Waals surface area contributed by atoms with E-state index in [4.69, 9.17) is 0 Å². The molecule has 6 heteroatoms. The van der Waals surface area contributed by atoms with E-state index < -0.39 is 10.0 Å². The first-order valence-electron chi connectivity index (χ1n) is 5.83. The van der Waals surface area contributed by atoms with Crippen molar-refractivity contribution in [2.45, 2.75) is 11.8 Å². The summed E-state index contributed by atoms with van der Waals surface area (Å²) in [5, 5.41) is 0. The van der Waals surface area contributed by atoms with Crippen LogP contribution in [0.3, 0.4) is 0 Å². The van der Waals surface area contributed by atoms with E-state index in [9.17, 15) is 8.42 Å². The van der Waals surface area contributed by atoms with Crippen LogP contribution in [0.5, 0.6) is 0 Å². The minimum atomic E-state index is -3.54. The number of hydrogen-bond acceptors (Lipinski definition) is 2. The van der Waals surface area contributed by atoms with Gasteiger partial charge in [-0.15, -0.1) is 0 Å². The van der Waals surface area contributed by atoms with Crippen LogP contribution in [0.1, 0.15) is 5.56 Å². The van der Waals surface area contributed by atoms with Crippen LogP contribution in [0, 0.1) is 6.92 Å². The van der Waals surface area contributed by atoms with Gasteiger partial charge in [0.2, 0.25) is 0 Å². The van der Waals surface area contributed by atoms with Crippen molar-refractivity contribution < 1.29 is 8.42 Å². The summed E-state index contributed by atoms with van der Waals surface area (Å²) in [5.41, 5.74) is 1.62. The maximum atomic E-state index is 12.5. The molecule has 0 aliphatic carbocycles. The van der Waals surface area contributed by atoms with Crippen molar-refractivity contribution >= 4 is 47.6 Å². The van der Waals surface area contributed by atoms with Gasteiger partial charge >= 0.3 is 0 Å². The molecule has 3 nitrogen and oxygen atoms in total. The molecule has 0 atom stereocenters. The Kier molecular flexibility index (Phi) is 4.56. The second-order valence-corrected chi connectivity index (χ2v) is 8.10. The third-order valence-corrected chi connectivity index (χ3v) is 6.20. The van der Waals surface area contributed by atoms with Crippen LogP contribution < -0.4 is 4.31 Å². The zero-order valence-electron chi connectivity index (χ0n) is 11.0. The highest BCUT2D eigenvalue weighted by Crippen LogP contribution is 2.26. The Hall–Kier alpha value is -0.850. The van der Waals surface area contributed by atoms with Crippen LogP contribution in [0.15, 0.2) is 56.3 Å². The average Bonchev–Trinajstić information content (AvgIpc) is 2.41. The van der Waals surface area contributed by atoms with Crippen molar-refractivity contribution in [1.82, 2.24) is 0 Å². The Morgan fingerprint density at radius 3 is 2.15 bits per heavy atom. The highest BCUT2D eigenvalue weighted by Gasteiger charge is 2.21. The van der Waals surface area contributed by atoms with Gasteiger partial charge in [0.25, 0.3) is 10.0 Å². The van der Waals surface area contributed by atoms with Gasteiger partial charge in [-0.05, 0) is 55.0 Å². The summed E-state index contributed by atoms with van der Waals surface area (Å²) >= 11 is 6.71. The zero-order valence-corrected chi connectivity index (χ0v) is 15.0. The van der Waals surface area contributed by atoms with Gasteiger partial charge in [-0.3, -0.25) is 4.31 Å². The third kappa shape index (κ3) is 3.07. The maximum absolute atomic E-state index is 12.5. The molecular formula is C14H13Br2NO2S. The molecule has 2 aromatic carbocycles. The van der Waals surface area contributed by atoms with E-state index in [-0.39, 0.29) is 4.90 Å². The molecule has 0 bridgehead atoms. The first-order chi connectivity index (χ1) is 9.32. The van der Waals surface area contributed by atoms with E-state index >= 15 is 0 Å². The Morgan fingerprint density at radius 2 is 1.60 bits per heavy atom. The average molecular weight is 419 g/mol. The van der Waals surface area contributed by atoms with E-state index in [1.165, 1.54) is 4.31 Å². The number of benzene rings is 2. The van der Waals surface area contributed by atoms with Gasteiger partial charge in [0.1, 0.15) is 0 Å². The Bertz CT molecular complexity index is 727. The van der Waals surface area contributed by atoms with Gasteiger partial charge in [-0.1, -0.05) is 31.9 Å². The predicted molar refractivity (Wildman–Crippen MR) is 88.6 cm³/mol. The number of halogens is 2. The molecule has 20 heavy (non-hydrogen) atoms. The van der Waals surface area contributed by atoms with Crippen LogP contribution in [-0.4, -0.2) is 15.5 Å². The van der Waals surface area contributed by atoms with E-state index in [1.807, 2.05) is 19.1 Å². The molecule has 106 valence electrons. The molecule has 0 N–H and O–H groups in total. The first kappa shape index (κ1) is 15.5. The second-order valence-electron chi connectivity index (χ2n) is 4.36. The van der Waals surface area contributed by atoms with Gasteiger partial charge in [0.15, 0.2) is 0 Å². The molecule has 0 radical (unpaired) electrons. The lowest BCUT2D eigenvalue weighted by atomic mass is 10.2.